The summed E-state index contributed by atoms with van der Waals surface area (Å²) >= 11 is 0. The number of anilines is 1. The lowest BCUT2D eigenvalue weighted by atomic mass is 10.5. The van der Waals surface area contributed by atoms with E-state index < -0.39 is 0 Å². The summed E-state index contributed by atoms with van der Waals surface area (Å²) in [4.78, 5) is 0. The third-order valence-corrected chi connectivity index (χ3v) is 0.976. The van der Waals surface area contributed by atoms with Crippen LogP contribution in [0.2, 0.25) is 0 Å². The van der Waals surface area contributed by atoms with E-state index in [-0.39, 0.29) is 5.69 Å². The molecule has 0 amide bonds. The van der Waals surface area contributed by atoms with Gasteiger partial charge in [-0.1, -0.05) is 5.21 Å². The van der Waals surface area contributed by atoms with Gasteiger partial charge in [0.25, 0.3) is 0 Å². The molecule has 0 saturated heterocycles. The first-order chi connectivity index (χ1) is 4.25. The summed E-state index contributed by atoms with van der Waals surface area (Å²) in [6, 6.07) is 1.80. The third-order valence-electron chi connectivity index (χ3n) is 0.976. The lowest BCUT2D eigenvalue weighted by Crippen LogP contribution is -1.97. The Morgan fingerprint density at radius 3 is 2.67 bits per heavy atom. The van der Waals surface area contributed by atoms with Crippen molar-refractivity contribution in [1.29, 1.82) is 5.26 Å². The number of hydrogen-bond donors (Lipinski definition) is 1. The summed E-state index contributed by atoms with van der Waals surface area (Å²) in [5.41, 5.74) is 5.51. The van der Waals surface area contributed by atoms with Crippen molar-refractivity contribution in [2.24, 2.45) is 7.05 Å². The molecule has 5 heteroatoms. The second kappa shape index (κ2) is 1.74. The smallest absolute Gasteiger partial charge is 0.206 e. The highest BCUT2D eigenvalue weighted by Crippen LogP contribution is 2.01. The van der Waals surface area contributed by atoms with Gasteiger partial charge in [-0.25, -0.2) is 4.68 Å². The molecule has 1 heterocycles. The molecule has 0 fully saturated rings. The van der Waals surface area contributed by atoms with Gasteiger partial charge in [0.2, 0.25) is 5.69 Å². The summed E-state index contributed by atoms with van der Waals surface area (Å²) in [6.07, 6.45) is 0. The molecule has 0 unspecified atom stereocenters. The van der Waals surface area contributed by atoms with E-state index in [0.717, 1.165) is 0 Å². The number of nitrogen functional groups attached to an aromatic ring is 1. The van der Waals surface area contributed by atoms with Gasteiger partial charge in [-0.05, 0) is 0 Å². The first kappa shape index (κ1) is 5.56. The summed E-state index contributed by atoms with van der Waals surface area (Å²) < 4.78 is 1.35. The number of aryl methyl sites for hydroxylation is 1. The van der Waals surface area contributed by atoms with E-state index in [1.165, 1.54) is 4.68 Å². The van der Waals surface area contributed by atoms with Gasteiger partial charge in [-0.15, -0.1) is 5.10 Å². The number of aromatic nitrogens is 3. The molecule has 2 N–H and O–H groups in total. The molecule has 0 saturated carbocycles. The molecule has 0 aliphatic rings. The topological polar surface area (TPSA) is 80.5 Å². The molecule has 1 rings (SSSR count). The number of rotatable bonds is 0. The molecule has 0 spiro atoms. The van der Waals surface area contributed by atoms with Crippen molar-refractivity contribution in [3.63, 3.8) is 0 Å². The predicted molar refractivity (Wildman–Crippen MR) is 30.1 cm³/mol. The van der Waals surface area contributed by atoms with Crippen molar-refractivity contribution in [1.82, 2.24) is 15.0 Å². The van der Waals surface area contributed by atoms with Crippen molar-refractivity contribution in [2.45, 2.75) is 0 Å². The highest BCUT2D eigenvalue weighted by atomic mass is 15.4. The van der Waals surface area contributed by atoms with E-state index in [9.17, 15) is 0 Å². The number of nitrogens with zero attached hydrogens (tertiary/aromatic N) is 4. The van der Waals surface area contributed by atoms with Gasteiger partial charge in [0, 0.05) is 7.05 Å². The van der Waals surface area contributed by atoms with Gasteiger partial charge in [-0.2, -0.15) is 5.26 Å². The van der Waals surface area contributed by atoms with E-state index in [2.05, 4.69) is 10.3 Å². The Morgan fingerprint density at radius 2 is 2.44 bits per heavy atom. The molecule has 46 valence electrons. The third kappa shape index (κ3) is 0.700. The molecule has 1 aromatic heterocycles. The molecule has 0 aromatic carbocycles. The second-order valence-corrected chi connectivity index (χ2v) is 1.56. The van der Waals surface area contributed by atoms with Gasteiger partial charge in [-0.3, -0.25) is 0 Å². The van der Waals surface area contributed by atoms with Crippen LogP contribution in [0.5, 0.6) is 0 Å². The second-order valence-electron chi connectivity index (χ2n) is 1.56. The molecular weight excluding hydrogens is 118 g/mol. The minimum absolute atomic E-state index is 0.178. The zero-order valence-electron chi connectivity index (χ0n) is 4.87. The SMILES string of the molecule is Cn1nnc(C#N)c1N. The summed E-state index contributed by atoms with van der Waals surface area (Å²) in [5.74, 6) is 0.303. The van der Waals surface area contributed by atoms with Gasteiger partial charge < -0.3 is 5.73 Å². The zero-order chi connectivity index (χ0) is 6.85. The molecule has 0 bridgehead atoms. The highest BCUT2D eigenvalue weighted by molar-refractivity contribution is 5.42. The Bertz CT molecular complexity index is 254. The van der Waals surface area contributed by atoms with E-state index in [0.29, 0.717) is 5.82 Å². The fourth-order valence-electron chi connectivity index (χ4n) is 0.444. The Morgan fingerprint density at radius 1 is 1.78 bits per heavy atom. The largest absolute Gasteiger partial charge is 0.381 e. The molecule has 1 aromatic rings. The maximum atomic E-state index is 8.29. The van der Waals surface area contributed by atoms with Gasteiger partial charge in [0.1, 0.15) is 6.07 Å². The van der Waals surface area contributed by atoms with E-state index in [4.69, 9.17) is 11.0 Å². The minimum atomic E-state index is 0.178. The Labute approximate surface area is 51.7 Å². The van der Waals surface area contributed by atoms with Crippen molar-refractivity contribution < 1.29 is 0 Å². The average molecular weight is 123 g/mol. The van der Waals surface area contributed by atoms with Crippen molar-refractivity contribution >= 4 is 5.82 Å². The standard InChI is InChI=1S/C4H5N5/c1-9-4(6)3(2-5)7-8-9/h6H2,1H3. The van der Waals surface area contributed by atoms with E-state index >= 15 is 0 Å². The van der Waals surface area contributed by atoms with Crippen LogP contribution in [-0.4, -0.2) is 15.0 Å². The Hall–Kier alpha value is -1.57. The van der Waals surface area contributed by atoms with Gasteiger partial charge in [0.15, 0.2) is 5.82 Å². The minimum Gasteiger partial charge on any atom is -0.381 e. The van der Waals surface area contributed by atoms with E-state index in [1.807, 2.05) is 0 Å². The van der Waals surface area contributed by atoms with Crippen LogP contribution < -0.4 is 5.73 Å². The molecular formula is C4H5N5. The quantitative estimate of drug-likeness (QED) is 0.493. The summed E-state index contributed by atoms with van der Waals surface area (Å²) in [6.45, 7) is 0. The molecule has 0 atom stereocenters. The fraction of sp³-hybridized carbons (Fsp3) is 0.250. The summed E-state index contributed by atoms with van der Waals surface area (Å²) in [5, 5.41) is 15.3. The van der Waals surface area contributed by atoms with Crippen molar-refractivity contribution in [2.75, 3.05) is 5.73 Å². The van der Waals surface area contributed by atoms with Crippen LogP contribution in [0, 0.1) is 11.3 Å². The fourth-order valence-corrected chi connectivity index (χ4v) is 0.444. The average Bonchev–Trinajstić information content (AvgIpc) is 2.15. The molecule has 0 aliphatic heterocycles. The molecule has 9 heavy (non-hydrogen) atoms. The summed E-state index contributed by atoms with van der Waals surface area (Å²) in [7, 11) is 1.63. The lowest BCUT2D eigenvalue weighted by Gasteiger charge is -1.86. The number of nitrogens with two attached hydrogens (primary N) is 1. The number of hydrogen-bond acceptors (Lipinski definition) is 4. The van der Waals surface area contributed by atoms with E-state index in [1.54, 1.807) is 13.1 Å². The first-order valence-corrected chi connectivity index (χ1v) is 2.31. The molecule has 5 nitrogen and oxygen atoms in total. The van der Waals surface area contributed by atoms with Crippen LogP contribution in [0.1, 0.15) is 5.69 Å². The van der Waals surface area contributed by atoms with Crippen LogP contribution in [-0.2, 0) is 7.05 Å². The predicted octanol–water partition coefficient (Wildman–Crippen LogP) is -0.731. The normalized spacial score (nSPS) is 8.89. The maximum absolute atomic E-state index is 8.29. The monoisotopic (exact) mass is 123 g/mol. The van der Waals surface area contributed by atoms with Crippen LogP contribution in [0.25, 0.3) is 0 Å². The Kier molecular flexibility index (Phi) is 1.08. The Balaban J connectivity index is 3.24. The van der Waals surface area contributed by atoms with Crippen LogP contribution in [0.4, 0.5) is 5.82 Å². The van der Waals surface area contributed by atoms with Crippen LogP contribution in [0.3, 0.4) is 0 Å². The van der Waals surface area contributed by atoms with Crippen LogP contribution in [0.15, 0.2) is 0 Å². The van der Waals surface area contributed by atoms with Crippen LogP contribution >= 0.6 is 0 Å². The number of nitriles is 1. The highest BCUT2D eigenvalue weighted by Gasteiger charge is 2.02. The van der Waals surface area contributed by atoms with Crippen molar-refractivity contribution in [3.05, 3.63) is 5.69 Å². The first-order valence-electron chi connectivity index (χ1n) is 2.31. The zero-order valence-corrected chi connectivity index (χ0v) is 4.87. The van der Waals surface area contributed by atoms with Gasteiger partial charge >= 0.3 is 0 Å². The van der Waals surface area contributed by atoms with Crippen molar-refractivity contribution in [3.8, 4) is 6.07 Å². The molecule has 0 radical (unpaired) electrons. The maximum Gasteiger partial charge on any atom is 0.206 e. The molecule has 0 aliphatic carbocycles. The van der Waals surface area contributed by atoms with Gasteiger partial charge in [0.05, 0.1) is 0 Å². The lowest BCUT2D eigenvalue weighted by molar-refractivity contribution is 0.722.